The quantitative estimate of drug-likeness (QED) is 0.786. The highest BCUT2D eigenvalue weighted by molar-refractivity contribution is 5.73. The Morgan fingerprint density at radius 3 is 3.18 bits per heavy atom. The van der Waals surface area contributed by atoms with Gasteiger partial charge in [-0.05, 0) is 18.6 Å². The number of amides is 1. The summed E-state index contributed by atoms with van der Waals surface area (Å²) in [5.74, 6) is 0.973. The molecule has 2 rings (SSSR count). The summed E-state index contributed by atoms with van der Waals surface area (Å²) in [5, 5.41) is 2.94. The molecular formula is C12H18N4O. The Bertz CT molecular complexity index is 407. The molecule has 1 atom stereocenters. The van der Waals surface area contributed by atoms with Crippen molar-refractivity contribution in [3.05, 3.63) is 23.9 Å². The van der Waals surface area contributed by atoms with Gasteiger partial charge in [-0.25, -0.2) is 4.98 Å². The minimum absolute atomic E-state index is 0.0283. The van der Waals surface area contributed by atoms with Gasteiger partial charge in [-0.15, -0.1) is 0 Å². The molecule has 1 aliphatic rings. The predicted octanol–water partition coefficient (Wildman–Crippen LogP) is 0.255. The molecule has 1 aromatic rings. The van der Waals surface area contributed by atoms with Crippen LogP contribution >= 0.6 is 0 Å². The van der Waals surface area contributed by atoms with E-state index in [1.54, 1.807) is 6.92 Å². The molecule has 0 saturated carbocycles. The molecule has 1 fully saturated rings. The van der Waals surface area contributed by atoms with E-state index in [-0.39, 0.29) is 11.9 Å². The monoisotopic (exact) mass is 234 g/mol. The van der Waals surface area contributed by atoms with Crippen LogP contribution in [-0.4, -0.2) is 30.0 Å². The van der Waals surface area contributed by atoms with Gasteiger partial charge in [-0.2, -0.15) is 0 Å². The summed E-state index contributed by atoms with van der Waals surface area (Å²) in [6, 6.07) is 6.10. The lowest BCUT2D eigenvalue weighted by molar-refractivity contribution is -0.119. The standard InChI is InChI=1S/C12H18N4O/c1-9(17)14-11-5-6-16(8-11)12-4-2-3-10(7-13)15-12/h2-4,11H,5-8,13H2,1H3,(H,14,17). The largest absolute Gasteiger partial charge is 0.354 e. The SMILES string of the molecule is CC(=O)NC1CCN(c2cccc(CN)n2)C1. The second-order valence-corrected chi connectivity index (χ2v) is 4.32. The molecule has 0 spiro atoms. The molecule has 5 nitrogen and oxygen atoms in total. The van der Waals surface area contributed by atoms with E-state index in [1.807, 2.05) is 18.2 Å². The van der Waals surface area contributed by atoms with Crippen LogP contribution in [0.2, 0.25) is 0 Å². The maximum atomic E-state index is 11.0. The summed E-state index contributed by atoms with van der Waals surface area (Å²) in [6.45, 7) is 3.75. The Morgan fingerprint density at radius 1 is 1.65 bits per heavy atom. The molecule has 0 bridgehead atoms. The molecule has 1 unspecified atom stereocenters. The highest BCUT2D eigenvalue weighted by Crippen LogP contribution is 2.18. The van der Waals surface area contributed by atoms with Crippen LogP contribution in [0.1, 0.15) is 19.0 Å². The Morgan fingerprint density at radius 2 is 2.47 bits per heavy atom. The molecule has 92 valence electrons. The number of pyridine rings is 1. The zero-order chi connectivity index (χ0) is 12.3. The number of rotatable bonds is 3. The van der Waals surface area contributed by atoms with Crippen molar-refractivity contribution in [3.8, 4) is 0 Å². The Kier molecular flexibility index (Phi) is 3.58. The van der Waals surface area contributed by atoms with Crippen molar-refractivity contribution < 1.29 is 4.79 Å². The fraction of sp³-hybridized carbons (Fsp3) is 0.500. The van der Waals surface area contributed by atoms with Crippen LogP contribution in [0.3, 0.4) is 0 Å². The van der Waals surface area contributed by atoms with Crippen molar-refractivity contribution in [1.29, 1.82) is 0 Å². The van der Waals surface area contributed by atoms with Crippen LogP contribution in [0.25, 0.3) is 0 Å². The van der Waals surface area contributed by atoms with Crippen LogP contribution in [0.5, 0.6) is 0 Å². The molecule has 1 saturated heterocycles. The number of nitrogens with one attached hydrogen (secondary N) is 1. The number of carbonyl (C=O) groups excluding carboxylic acids is 1. The van der Waals surface area contributed by atoms with Gasteiger partial charge in [0.05, 0.1) is 5.69 Å². The molecular weight excluding hydrogens is 216 g/mol. The topological polar surface area (TPSA) is 71.2 Å². The van der Waals surface area contributed by atoms with Crippen molar-refractivity contribution >= 4 is 11.7 Å². The molecule has 0 aliphatic carbocycles. The van der Waals surface area contributed by atoms with Crippen LogP contribution in [0.4, 0.5) is 5.82 Å². The molecule has 1 amide bonds. The summed E-state index contributed by atoms with van der Waals surface area (Å²) in [4.78, 5) is 17.6. The van der Waals surface area contributed by atoms with Crippen molar-refractivity contribution in [3.63, 3.8) is 0 Å². The first-order valence-corrected chi connectivity index (χ1v) is 5.87. The second-order valence-electron chi connectivity index (χ2n) is 4.32. The van der Waals surface area contributed by atoms with Crippen molar-refractivity contribution in [2.24, 2.45) is 5.73 Å². The number of anilines is 1. The van der Waals surface area contributed by atoms with Gasteiger partial charge in [0, 0.05) is 32.6 Å². The van der Waals surface area contributed by atoms with E-state index in [0.29, 0.717) is 6.54 Å². The number of aromatic nitrogens is 1. The van der Waals surface area contributed by atoms with E-state index in [4.69, 9.17) is 5.73 Å². The molecule has 1 aromatic heterocycles. The van der Waals surface area contributed by atoms with Gasteiger partial charge in [0.1, 0.15) is 5.82 Å². The van der Waals surface area contributed by atoms with E-state index in [9.17, 15) is 4.79 Å². The van der Waals surface area contributed by atoms with Crippen molar-refractivity contribution in [2.75, 3.05) is 18.0 Å². The van der Waals surface area contributed by atoms with Gasteiger partial charge in [0.15, 0.2) is 0 Å². The van der Waals surface area contributed by atoms with E-state index in [1.165, 1.54) is 0 Å². The highest BCUT2D eigenvalue weighted by atomic mass is 16.1. The minimum Gasteiger partial charge on any atom is -0.354 e. The number of nitrogens with zero attached hydrogens (tertiary/aromatic N) is 2. The summed E-state index contributed by atoms with van der Waals surface area (Å²) >= 11 is 0. The lowest BCUT2D eigenvalue weighted by Gasteiger charge is -2.18. The molecule has 0 aromatic carbocycles. The lowest BCUT2D eigenvalue weighted by atomic mass is 10.2. The maximum Gasteiger partial charge on any atom is 0.217 e. The molecule has 17 heavy (non-hydrogen) atoms. The minimum atomic E-state index is 0.0283. The average molecular weight is 234 g/mol. The van der Waals surface area contributed by atoms with Crippen LogP contribution in [-0.2, 0) is 11.3 Å². The fourth-order valence-electron chi connectivity index (χ4n) is 2.13. The maximum absolute atomic E-state index is 11.0. The van der Waals surface area contributed by atoms with Gasteiger partial charge < -0.3 is 16.0 Å². The van der Waals surface area contributed by atoms with Gasteiger partial charge in [-0.3, -0.25) is 4.79 Å². The van der Waals surface area contributed by atoms with Crippen LogP contribution in [0, 0.1) is 0 Å². The number of hydrogen-bond acceptors (Lipinski definition) is 4. The molecule has 3 N–H and O–H groups in total. The average Bonchev–Trinajstić information content (AvgIpc) is 2.77. The third-order valence-corrected chi connectivity index (χ3v) is 2.92. The Labute approximate surface area is 101 Å². The second kappa shape index (κ2) is 5.14. The van der Waals surface area contributed by atoms with Crippen molar-refractivity contribution in [1.82, 2.24) is 10.3 Å². The lowest BCUT2D eigenvalue weighted by Crippen LogP contribution is -2.35. The summed E-state index contributed by atoms with van der Waals surface area (Å²) in [6.07, 6.45) is 0.966. The third-order valence-electron chi connectivity index (χ3n) is 2.92. The first kappa shape index (κ1) is 11.9. The molecule has 0 radical (unpaired) electrons. The van der Waals surface area contributed by atoms with E-state index in [2.05, 4.69) is 15.2 Å². The Balaban J connectivity index is 2.01. The first-order chi connectivity index (χ1) is 8.19. The zero-order valence-electron chi connectivity index (χ0n) is 10.0. The molecule has 1 aliphatic heterocycles. The third kappa shape index (κ3) is 2.94. The van der Waals surface area contributed by atoms with Crippen LogP contribution < -0.4 is 16.0 Å². The number of carbonyl (C=O) groups is 1. The summed E-state index contributed by atoms with van der Waals surface area (Å²) in [5.41, 5.74) is 6.47. The predicted molar refractivity (Wildman–Crippen MR) is 66.6 cm³/mol. The van der Waals surface area contributed by atoms with Gasteiger partial charge in [0.2, 0.25) is 5.91 Å². The van der Waals surface area contributed by atoms with Gasteiger partial charge in [0.25, 0.3) is 0 Å². The van der Waals surface area contributed by atoms with Gasteiger partial charge >= 0.3 is 0 Å². The fourth-order valence-corrected chi connectivity index (χ4v) is 2.13. The number of nitrogens with two attached hydrogens (primary N) is 1. The summed E-state index contributed by atoms with van der Waals surface area (Å²) in [7, 11) is 0. The van der Waals surface area contributed by atoms with Crippen molar-refractivity contribution in [2.45, 2.75) is 25.9 Å². The number of hydrogen-bond donors (Lipinski definition) is 2. The van der Waals surface area contributed by atoms with Gasteiger partial charge in [-0.1, -0.05) is 6.07 Å². The smallest absolute Gasteiger partial charge is 0.217 e. The highest BCUT2D eigenvalue weighted by Gasteiger charge is 2.23. The first-order valence-electron chi connectivity index (χ1n) is 5.87. The zero-order valence-corrected chi connectivity index (χ0v) is 10.0. The van der Waals surface area contributed by atoms with E-state index >= 15 is 0 Å². The molecule has 2 heterocycles. The van der Waals surface area contributed by atoms with E-state index < -0.39 is 0 Å². The summed E-state index contributed by atoms with van der Waals surface area (Å²) < 4.78 is 0. The Hall–Kier alpha value is -1.62. The normalized spacial score (nSPS) is 19.4. The van der Waals surface area contributed by atoms with Crippen LogP contribution in [0.15, 0.2) is 18.2 Å². The van der Waals surface area contributed by atoms with E-state index in [0.717, 1.165) is 31.0 Å². The molecule has 5 heteroatoms.